The van der Waals surface area contributed by atoms with Crippen LogP contribution in [0.5, 0.6) is 0 Å². The van der Waals surface area contributed by atoms with Crippen molar-refractivity contribution in [2.24, 2.45) is 9.98 Å². The van der Waals surface area contributed by atoms with E-state index < -0.39 is 0 Å². The van der Waals surface area contributed by atoms with E-state index in [9.17, 15) is 0 Å². The van der Waals surface area contributed by atoms with Gasteiger partial charge in [0.25, 0.3) is 0 Å². The summed E-state index contributed by atoms with van der Waals surface area (Å²) in [6, 6.07) is 10.3. The minimum absolute atomic E-state index is 0. The van der Waals surface area contributed by atoms with Gasteiger partial charge in [0.1, 0.15) is 11.4 Å². The molecule has 120 valence electrons. The van der Waals surface area contributed by atoms with Crippen LogP contribution in [0.4, 0.5) is 11.4 Å². The number of halogens is 4. The molecule has 0 amide bonds. The Morgan fingerprint density at radius 3 is 1.18 bits per heavy atom. The van der Waals surface area contributed by atoms with Crippen LogP contribution >= 0.6 is 46.4 Å². The normalized spacial score (nSPS) is 10.5. The maximum Gasteiger partial charge on any atom is 0.100 e. The Morgan fingerprint density at radius 2 is 0.909 bits per heavy atom. The van der Waals surface area contributed by atoms with Crippen LogP contribution in [0.3, 0.4) is 0 Å². The van der Waals surface area contributed by atoms with Crippen LogP contribution in [0, 0.1) is 7.43 Å². The van der Waals surface area contributed by atoms with E-state index in [4.69, 9.17) is 46.4 Å². The van der Waals surface area contributed by atoms with Gasteiger partial charge in [-0.3, -0.25) is 9.98 Å². The molecule has 0 unspecified atom stereocenters. The monoisotopic (exact) mass is 465 g/mol. The zero-order chi connectivity index (χ0) is 14.5. The number of nitrogens with zero attached hydrogens (tertiary/aromatic N) is 2. The average molecular weight is 467 g/mol. The summed E-state index contributed by atoms with van der Waals surface area (Å²) in [5.74, 6) is 0. The number of aliphatic imine (C=N–C) groups is 2. The Kier molecular flexibility index (Phi) is 10.2. The Bertz CT molecular complexity index is 587. The van der Waals surface area contributed by atoms with Gasteiger partial charge in [-0.25, -0.2) is 0 Å². The molecule has 0 atom stereocenters. The predicted octanol–water partition coefficient (Wildman–Crippen LogP) is 6.85. The SMILES string of the molecule is Clc1cccc(Cl)c1N=CC=Nc1c(Cl)cccc1Cl.[CH3-].[Pd]. The van der Waals surface area contributed by atoms with Crippen LogP contribution in [0.25, 0.3) is 0 Å². The summed E-state index contributed by atoms with van der Waals surface area (Å²) < 4.78 is 0. The first kappa shape index (κ1) is 21.6. The van der Waals surface area contributed by atoms with E-state index in [-0.39, 0.29) is 27.8 Å². The fourth-order valence-corrected chi connectivity index (χ4v) is 2.43. The smallest absolute Gasteiger partial charge is 0.100 e. The zero-order valence-electron chi connectivity index (χ0n) is 11.3. The van der Waals surface area contributed by atoms with Gasteiger partial charge in [0.05, 0.1) is 20.1 Å². The first-order valence-electron chi connectivity index (χ1n) is 5.54. The van der Waals surface area contributed by atoms with Gasteiger partial charge in [-0.2, -0.15) is 0 Å². The van der Waals surface area contributed by atoms with E-state index in [0.717, 1.165) is 0 Å². The molecule has 0 spiro atoms. The Morgan fingerprint density at radius 1 is 0.636 bits per heavy atom. The Balaban J connectivity index is 0.00000220. The van der Waals surface area contributed by atoms with Gasteiger partial charge < -0.3 is 7.43 Å². The summed E-state index contributed by atoms with van der Waals surface area (Å²) >= 11 is 24.0. The largest absolute Gasteiger partial charge is 0.358 e. The Hall–Kier alpha value is -0.398. The maximum absolute atomic E-state index is 5.99. The van der Waals surface area contributed by atoms with Crippen molar-refractivity contribution in [1.82, 2.24) is 0 Å². The number of hydrogen-bond donors (Lipinski definition) is 0. The van der Waals surface area contributed by atoms with Crippen LogP contribution in [0.15, 0.2) is 46.4 Å². The van der Waals surface area contributed by atoms with Gasteiger partial charge >= 0.3 is 0 Å². The molecule has 2 nitrogen and oxygen atoms in total. The van der Waals surface area contributed by atoms with E-state index >= 15 is 0 Å². The molecule has 0 saturated carbocycles. The van der Waals surface area contributed by atoms with Crippen molar-refractivity contribution >= 4 is 70.2 Å². The third-order valence-electron chi connectivity index (χ3n) is 2.35. The molecule has 0 saturated heterocycles. The van der Waals surface area contributed by atoms with Crippen LogP contribution in [-0.4, -0.2) is 12.4 Å². The summed E-state index contributed by atoms with van der Waals surface area (Å²) in [5.41, 5.74) is 0.986. The van der Waals surface area contributed by atoms with E-state index in [1.165, 1.54) is 12.4 Å². The molecule has 0 aliphatic rings. The van der Waals surface area contributed by atoms with E-state index in [2.05, 4.69) is 9.98 Å². The molecule has 22 heavy (non-hydrogen) atoms. The van der Waals surface area contributed by atoms with Gasteiger partial charge in [0.2, 0.25) is 0 Å². The molecule has 0 radical (unpaired) electrons. The van der Waals surface area contributed by atoms with Crippen LogP contribution in [-0.2, 0) is 20.4 Å². The van der Waals surface area contributed by atoms with Gasteiger partial charge in [0, 0.05) is 32.9 Å². The molecule has 0 fully saturated rings. The minimum atomic E-state index is 0. The molecule has 0 aliphatic carbocycles. The Labute approximate surface area is 163 Å². The number of para-hydroxylation sites is 2. The molecule has 2 aromatic carbocycles. The topological polar surface area (TPSA) is 24.7 Å². The third kappa shape index (κ3) is 5.67. The molecule has 2 rings (SSSR count). The third-order valence-corrected chi connectivity index (χ3v) is 3.57. The molecule has 0 heterocycles. The van der Waals surface area contributed by atoms with Crippen LogP contribution in [0.2, 0.25) is 20.1 Å². The fraction of sp³-hybridized carbons (Fsp3) is 0. The van der Waals surface area contributed by atoms with E-state index in [0.29, 0.717) is 31.5 Å². The van der Waals surface area contributed by atoms with Crippen LogP contribution in [0.1, 0.15) is 0 Å². The number of rotatable bonds is 3. The van der Waals surface area contributed by atoms with Crippen molar-refractivity contribution in [3.63, 3.8) is 0 Å². The first-order chi connectivity index (χ1) is 9.59. The number of benzene rings is 2. The molecule has 0 bridgehead atoms. The number of hydrogen-bond acceptors (Lipinski definition) is 2. The second-order valence-corrected chi connectivity index (χ2v) is 5.33. The first-order valence-corrected chi connectivity index (χ1v) is 7.05. The molecular formula is C15H11Cl4N2Pd-. The molecule has 2 aromatic rings. The average Bonchev–Trinajstić information content (AvgIpc) is 2.40. The van der Waals surface area contributed by atoms with Gasteiger partial charge in [0.15, 0.2) is 0 Å². The van der Waals surface area contributed by atoms with E-state index in [1.54, 1.807) is 36.4 Å². The predicted molar refractivity (Wildman–Crippen MR) is 95.6 cm³/mol. The van der Waals surface area contributed by atoms with Gasteiger partial charge in [-0.15, -0.1) is 0 Å². The maximum atomic E-state index is 5.99. The molecule has 7 heteroatoms. The van der Waals surface area contributed by atoms with Crippen molar-refractivity contribution in [1.29, 1.82) is 0 Å². The summed E-state index contributed by atoms with van der Waals surface area (Å²) in [7, 11) is 0. The molecule has 0 aromatic heterocycles. The van der Waals surface area contributed by atoms with Crippen molar-refractivity contribution < 1.29 is 20.4 Å². The van der Waals surface area contributed by atoms with Crippen molar-refractivity contribution in [2.75, 3.05) is 0 Å². The summed E-state index contributed by atoms with van der Waals surface area (Å²) in [5, 5.41) is 1.88. The second kappa shape index (κ2) is 10.4. The quantitative estimate of drug-likeness (QED) is 0.268. The molecule has 0 N–H and O–H groups in total. The minimum Gasteiger partial charge on any atom is -0.358 e. The van der Waals surface area contributed by atoms with E-state index in [1.807, 2.05) is 0 Å². The summed E-state index contributed by atoms with van der Waals surface area (Å²) in [6.07, 6.45) is 2.96. The zero-order valence-corrected chi connectivity index (χ0v) is 15.9. The summed E-state index contributed by atoms with van der Waals surface area (Å²) in [6.45, 7) is 0. The van der Waals surface area contributed by atoms with Crippen molar-refractivity contribution in [3.8, 4) is 0 Å². The molecule has 0 aliphatic heterocycles. The van der Waals surface area contributed by atoms with Gasteiger partial charge in [-0.1, -0.05) is 58.5 Å². The van der Waals surface area contributed by atoms with Crippen molar-refractivity contribution in [2.45, 2.75) is 0 Å². The second-order valence-electron chi connectivity index (χ2n) is 3.70. The van der Waals surface area contributed by atoms with Crippen molar-refractivity contribution in [3.05, 3.63) is 63.9 Å². The fourth-order valence-electron chi connectivity index (χ4n) is 1.44. The van der Waals surface area contributed by atoms with Gasteiger partial charge in [-0.05, 0) is 24.3 Å². The van der Waals surface area contributed by atoms with Crippen LogP contribution < -0.4 is 0 Å². The standard InChI is InChI=1S/C14H8Cl4N2.CH3.Pd/c15-9-3-1-4-10(16)13(9)19-7-8-20-14-11(17)5-2-6-12(14)18;;/h1-8H;1H3;/q;-1;. The summed E-state index contributed by atoms with van der Waals surface area (Å²) in [4.78, 5) is 8.31. The molecular weight excluding hydrogens is 456 g/mol.